The molecule has 2 aromatic rings. The third kappa shape index (κ3) is 3.93. The van der Waals surface area contributed by atoms with Gasteiger partial charge in [0.15, 0.2) is 0 Å². The number of benzene rings is 1. The van der Waals surface area contributed by atoms with E-state index in [1.807, 2.05) is 27.7 Å². The van der Waals surface area contributed by atoms with E-state index >= 15 is 0 Å². The van der Waals surface area contributed by atoms with Gasteiger partial charge in [0.2, 0.25) is 15.9 Å². The van der Waals surface area contributed by atoms with E-state index in [0.29, 0.717) is 30.8 Å². The van der Waals surface area contributed by atoms with Crippen molar-refractivity contribution in [2.45, 2.75) is 71.2 Å². The van der Waals surface area contributed by atoms with Gasteiger partial charge in [0, 0.05) is 30.4 Å². The second kappa shape index (κ2) is 8.92. The number of piperidine rings is 1. The molecular weight excluding hydrogens is 440 g/mol. The van der Waals surface area contributed by atoms with Crippen LogP contribution in [-0.4, -0.2) is 43.2 Å². The molecule has 4 rings (SSSR count). The maximum absolute atomic E-state index is 13.5. The van der Waals surface area contributed by atoms with Gasteiger partial charge in [-0.25, -0.2) is 8.42 Å². The van der Waals surface area contributed by atoms with E-state index in [1.165, 1.54) is 10.4 Å². The summed E-state index contributed by atoms with van der Waals surface area (Å²) in [6, 6.07) is 4.37. The molecule has 1 amide bonds. The van der Waals surface area contributed by atoms with Gasteiger partial charge in [0.25, 0.3) is 0 Å². The van der Waals surface area contributed by atoms with E-state index in [1.54, 1.807) is 15.6 Å². The molecule has 1 saturated heterocycles. The number of carbonyl (C=O) groups is 1. The first kappa shape index (κ1) is 23.5. The first-order valence-corrected chi connectivity index (χ1v) is 13.9. The van der Waals surface area contributed by atoms with Crippen LogP contribution in [0.1, 0.15) is 64.9 Å². The lowest BCUT2D eigenvalue weighted by molar-refractivity contribution is -0.139. The standard InChI is InChI=1S/C25H34N2O3S2/c1-6-22-21-10-14-31-23(21)9-13-27(22)25(28)20-7-11-26(12-8-20)32(29,30)24-18(4)16(2)15-17(3)19(24)5/h10,14-15,20,22H,6-9,11-13H2,1-5H3/t22-/m0/s1. The minimum absolute atomic E-state index is 0.0999. The van der Waals surface area contributed by atoms with Crippen LogP contribution in [0.5, 0.6) is 0 Å². The third-order valence-corrected chi connectivity index (χ3v) is 10.6. The highest BCUT2D eigenvalue weighted by Gasteiger charge is 2.38. The van der Waals surface area contributed by atoms with E-state index < -0.39 is 10.0 Å². The molecule has 2 aliphatic heterocycles. The van der Waals surface area contributed by atoms with Crippen LogP contribution in [0.15, 0.2) is 22.4 Å². The molecule has 0 bridgehead atoms. The van der Waals surface area contributed by atoms with Crippen LogP contribution < -0.4 is 0 Å². The first-order chi connectivity index (χ1) is 15.2. The lowest BCUT2D eigenvalue weighted by Gasteiger charge is -2.39. The molecule has 2 aliphatic rings. The highest BCUT2D eigenvalue weighted by Crippen LogP contribution is 2.37. The molecule has 0 unspecified atom stereocenters. The van der Waals surface area contributed by atoms with Crippen molar-refractivity contribution in [1.82, 2.24) is 9.21 Å². The molecule has 0 N–H and O–H groups in total. The number of sulfonamides is 1. The highest BCUT2D eigenvalue weighted by molar-refractivity contribution is 7.89. The average Bonchev–Trinajstić information content (AvgIpc) is 3.25. The molecule has 0 spiro atoms. The largest absolute Gasteiger partial charge is 0.335 e. The zero-order chi connectivity index (χ0) is 23.2. The Morgan fingerprint density at radius 1 is 1.06 bits per heavy atom. The fourth-order valence-corrected chi connectivity index (χ4v) is 8.35. The van der Waals surface area contributed by atoms with Crippen molar-refractivity contribution < 1.29 is 13.2 Å². The van der Waals surface area contributed by atoms with E-state index in [0.717, 1.165) is 41.6 Å². The Morgan fingerprint density at radius 3 is 2.28 bits per heavy atom. The molecule has 0 saturated carbocycles. The predicted octanol–water partition coefficient (Wildman–Crippen LogP) is 4.92. The monoisotopic (exact) mass is 474 g/mol. The lowest BCUT2D eigenvalue weighted by Crippen LogP contribution is -2.47. The molecule has 1 atom stereocenters. The zero-order valence-electron chi connectivity index (χ0n) is 19.8. The third-order valence-electron chi connectivity index (χ3n) is 7.46. The number of nitrogens with zero attached hydrogens (tertiary/aromatic N) is 2. The molecule has 0 radical (unpaired) electrons. The van der Waals surface area contributed by atoms with Gasteiger partial charge in [-0.15, -0.1) is 11.3 Å². The summed E-state index contributed by atoms with van der Waals surface area (Å²) in [6.45, 7) is 11.4. The summed E-state index contributed by atoms with van der Waals surface area (Å²) in [5.41, 5.74) is 4.97. The van der Waals surface area contributed by atoms with Gasteiger partial charge in [-0.3, -0.25) is 4.79 Å². The summed E-state index contributed by atoms with van der Waals surface area (Å²) in [6.07, 6.45) is 3.01. The van der Waals surface area contributed by atoms with Gasteiger partial charge >= 0.3 is 0 Å². The molecule has 174 valence electrons. The Morgan fingerprint density at radius 2 is 1.69 bits per heavy atom. The van der Waals surface area contributed by atoms with Gasteiger partial charge < -0.3 is 4.90 Å². The number of carbonyl (C=O) groups excluding carboxylic acids is 1. The Labute approximate surface area is 196 Å². The van der Waals surface area contributed by atoms with Crippen LogP contribution in [-0.2, 0) is 21.2 Å². The van der Waals surface area contributed by atoms with Crippen molar-refractivity contribution in [2.24, 2.45) is 5.92 Å². The minimum Gasteiger partial charge on any atom is -0.335 e. The smallest absolute Gasteiger partial charge is 0.243 e. The first-order valence-electron chi connectivity index (χ1n) is 11.6. The fraction of sp³-hybridized carbons (Fsp3) is 0.560. The normalized spacial score (nSPS) is 20.4. The van der Waals surface area contributed by atoms with Crippen molar-refractivity contribution in [2.75, 3.05) is 19.6 Å². The Balaban J connectivity index is 1.50. The zero-order valence-corrected chi connectivity index (χ0v) is 21.4. The maximum atomic E-state index is 13.5. The van der Waals surface area contributed by atoms with Crippen molar-refractivity contribution in [3.63, 3.8) is 0 Å². The molecule has 5 nitrogen and oxygen atoms in total. The molecule has 1 aromatic heterocycles. The van der Waals surface area contributed by atoms with E-state index in [9.17, 15) is 13.2 Å². The summed E-state index contributed by atoms with van der Waals surface area (Å²) < 4.78 is 28.7. The predicted molar refractivity (Wildman–Crippen MR) is 130 cm³/mol. The van der Waals surface area contributed by atoms with Gasteiger partial charge in [-0.05, 0) is 92.6 Å². The number of fused-ring (bicyclic) bond motifs is 1. The topological polar surface area (TPSA) is 57.7 Å². The average molecular weight is 475 g/mol. The van der Waals surface area contributed by atoms with Gasteiger partial charge in [-0.2, -0.15) is 4.31 Å². The van der Waals surface area contributed by atoms with Gasteiger partial charge in [-0.1, -0.05) is 13.0 Å². The van der Waals surface area contributed by atoms with Crippen LogP contribution in [0.3, 0.4) is 0 Å². The van der Waals surface area contributed by atoms with Crippen molar-refractivity contribution in [3.05, 3.63) is 50.2 Å². The molecule has 0 aliphatic carbocycles. The van der Waals surface area contributed by atoms with Crippen LogP contribution >= 0.6 is 11.3 Å². The van der Waals surface area contributed by atoms with Crippen molar-refractivity contribution in [1.29, 1.82) is 0 Å². The summed E-state index contributed by atoms with van der Waals surface area (Å²) in [7, 11) is -3.58. The van der Waals surface area contributed by atoms with Crippen molar-refractivity contribution >= 4 is 27.3 Å². The number of hydrogen-bond acceptors (Lipinski definition) is 4. The van der Waals surface area contributed by atoms with Crippen LogP contribution in [0.25, 0.3) is 0 Å². The summed E-state index contributed by atoms with van der Waals surface area (Å²) in [5.74, 6) is 0.0987. The minimum atomic E-state index is -3.58. The quantitative estimate of drug-likeness (QED) is 0.632. The summed E-state index contributed by atoms with van der Waals surface area (Å²) in [4.78, 5) is 17.4. The molecule has 32 heavy (non-hydrogen) atoms. The number of hydrogen-bond donors (Lipinski definition) is 0. The molecule has 1 fully saturated rings. The molecular formula is C25H34N2O3S2. The number of thiophene rings is 1. The van der Waals surface area contributed by atoms with E-state index in [-0.39, 0.29) is 17.9 Å². The van der Waals surface area contributed by atoms with Crippen molar-refractivity contribution in [3.8, 4) is 0 Å². The Hall–Kier alpha value is -1.70. The Kier molecular flexibility index (Phi) is 6.54. The fourth-order valence-electron chi connectivity index (χ4n) is 5.37. The molecule has 7 heteroatoms. The van der Waals surface area contributed by atoms with Crippen LogP contribution in [0.4, 0.5) is 0 Å². The van der Waals surface area contributed by atoms with Gasteiger partial charge in [0.05, 0.1) is 10.9 Å². The molecule has 1 aromatic carbocycles. The maximum Gasteiger partial charge on any atom is 0.243 e. The van der Waals surface area contributed by atoms with Crippen LogP contribution in [0, 0.1) is 33.6 Å². The van der Waals surface area contributed by atoms with E-state index in [2.05, 4.69) is 29.3 Å². The lowest BCUT2D eigenvalue weighted by atomic mass is 9.92. The number of aryl methyl sites for hydroxylation is 2. The molecule has 3 heterocycles. The second-order valence-electron chi connectivity index (χ2n) is 9.27. The number of amides is 1. The van der Waals surface area contributed by atoms with E-state index in [4.69, 9.17) is 0 Å². The SMILES string of the molecule is CC[C@H]1c2ccsc2CCN1C(=O)C1CCN(S(=O)(=O)c2c(C)c(C)cc(C)c2C)CC1. The summed E-state index contributed by atoms with van der Waals surface area (Å²) >= 11 is 1.79. The Bertz CT molecular complexity index is 1100. The van der Waals surface area contributed by atoms with Crippen LogP contribution in [0.2, 0.25) is 0 Å². The second-order valence-corrected chi connectivity index (χ2v) is 12.1. The summed E-state index contributed by atoms with van der Waals surface area (Å²) in [5, 5.41) is 2.13. The van der Waals surface area contributed by atoms with Gasteiger partial charge in [0.1, 0.15) is 0 Å². The highest BCUT2D eigenvalue weighted by atomic mass is 32.2. The number of rotatable bonds is 4.